The molecule has 1 unspecified atom stereocenters. The quantitative estimate of drug-likeness (QED) is 0.823. The molecule has 2 heterocycles. The highest BCUT2D eigenvalue weighted by Gasteiger charge is 2.37. The summed E-state index contributed by atoms with van der Waals surface area (Å²) >= 11 is 0. The SMILES string of the molecule is Nc1n[nH]c(C(=O)N2CCCC2C2CCCC2)n1. The lowest BCUT2D eigenvalue weighted by Gasteiger charge is -2.28. The van der Waals surface area contributed by atoms with Gasteiger partial charge in [0.05, 0.1) is 0 Å². The number of hydrogen-bond acceptors (Lipinski definition) is 4. The van der Waals surface area contributed by atoms with Gasteiger partial charge in [0.1, 0.15) is 0 Å². The van der Waals surface area contributed by atoms with Gasteiger partial charge in [0.25, 0.3) is 5.91 Å². The van der Waals surface area contributed by atoms with Crippen molar-refractivity contribution in [2.45, 2.75) is 44.6 Å². The van der Waals surface area contributed by atoms with Gasteiger partial charge in [-0.15, -0.1) is 5.10 Å². The van der Waals surface area contributed by atoms with Crippen LogP contribution in [-0.4, -0.2) is 38.6 Å². The molecule has 1 amide bonds. The number of amides is 1. The first kappa shape index (κ1) is 11.5. The third-order valence-electron chi connectivity index (χ3n) is 4.21. The van der Waals surface area contributed by atoms with Crippen molar-refractivity contribution >= 4 is 11.9 Å². The van der Waals surface area contributed by atoms with Gasteiger partial charge < -0.3 is 10.6 Å². The van der Waals surface area contributed by atoms with E-state index in [-0.39, 0.29) is 17.7 Å². The van der Waals surface area contributed by atoms with Crippen LogP contribution in [0.5, 0.6) is 0 Å². The fourth-order valence-electron chi connectivity index (χ4n) is 3.38. The standard InChI is InChI=1S/C12H19N5O/c13-12-14-10(15-16-12)11(18)17-7-3-6-9(17)8-4-1-2-5-8/h8-9H,1-7H2,(H3,13,14,15,16). The van der Waals surface area contributed by atoms with Crippen LogP contribution in [0.3, 0.4) is 0 Å². The maximum absolute atomic E-state index is 12.4. The van der Waals surface area contributed by atoms with E-state index in [0.29, 0.717) is 12.0 Å². The monoisotopic (exact) mass is 249 g/mol. The molecular formula is C12H19N5O. The summed E-state index contributed by atoms with van der Waals surface area (Å²) in [6.07, 6.45) is 7.34. The molecule has 1 aliphatic heterocycles. The predicted molar refractivity (Wildman–Crippen MR) is 66.8 cm³/mol. The van der Waals surface area contributed by atoms with E-state index >= 15 is 0 Å². The molecule has 0 spiro atoms. The van der Waals surface area contributed by atoms with Crippen LogP contribution in [0.4, 0.5) is 5.95 Å². The van der Waals surface area contributed by atoms with Crippen LogP contribution in [-0.2, 0) is 0 Å². The van der Waals surface area contributed by atoms with Gasteiger partial charge in [-0.3, -0.25) is 9.89 Å². The second-order valence-corrected chi connectivity index (χ2v) is 5.29. The van der Waals surface area contributed by atoms with Crippen molar-refractivity contribution in [1.29, 1.82) is 0 Å². The zero-order valence-electron chi connectivity index (χ0n) is 10.4. The first-order valence-electron chi connectivity index (χ1n) is 6.74. The zero-order chi connectivity index (χ0) is 12.5. The number of nitrogens with two attached hydrogens (primary N) is 1. The minimum absolute atomic E-state index is 0.0476. The van der Waals surface area contributed by atoms with Crippen molar-refractivity contribution in [3.63, 3.8) is 0 Å². The molecule has 1 aromatic heterocycles. The number of carbonyl (C=O) groups excluding carboxylic acids is 1. The van der Waals surface area contributed by atoms with Gasteiger partial charge >= 0.3 is 0 Å². The number of aromatic nitrogens is 3. The molecular weight excluding hydrogens is 230 g/mol. The number of hydrogen-bond donors (Lipinski definition) is 2. The van der Waals surface area contributed by atoms with E-state index in [2.05, 4.69) is 15.2 Å². The van der Waals surface area contributed by atoms with Crippen LogP contribution in [0.15, 0.2) is 0 Å². The van der Waals surface area contributed by atoms with Crippen molar-refractivity contribution in [1.82, 2.24) is 20.1 Å². The Morgan fingerprint density at radius 3 is 2.72 bits per heavy atom. The maximum atomic E-state index is 12.4. The highest BCUT2D eigenvalue weighted by molar-refractivity contribution is 5.91. The van der Waals surface area contributed by atoms with Crippen LogP contribution in [0.1, 0.15) is 49.1 Å². The molecule has 18 heavy (non-hydrogen) atoms. The first-order valence-corrected chi connectivity index (χ1v) is 6.74. The highest BCUT2D eigenvalue weighted by Crippen LogP contribution is 2.35. The molecule has 2 fully saturated rings. The molecule has 1 saturated heterocycles. The molecule has 2 aliphatic rings. The highest BCUT2D eigenvalue weighted by atomic mass is 16.2. The molecule has 1 atom stereocenters. The molecule has 1 saturated carbocycles. The third kappa shape index (κ3) is 1.95. The predicted octanol–water partition coefficient (Wildman–Crippen LogP) is 1.18. The van der Waals surface area contributed by atoms with Crippen molar-refractivity contribution in [2.75, 3.05) is 12.3 Å². The van der Waals surface area contributed by atoms with Gasteiger partial charge in [0.2, 0.25) is 11.8 Å². The molecule has 3 rings (SSSR count). The van der Waals surface area contributed by atoms with Crippen LogP contribution < -0.4 is 5.73 Å². The smallest absolute Gasteiger partial charge is 0.291 e. The van der Waals surface area contributed by atoms with Crippen LogP contribution >= 0.6 is 0 Å². The second-order valence-electron chi connectivity index (χ2n) is 5.29. The largest absolute Gasteiger partial charge is 0.366 e. The van der Waals surface area contributed by atoms with Crippen LogP contribution in [0.25, 0.3) is 0 Å². The van der Waals surface area contributed by atoms with E-state index in [1.54, 1.807) is 0 Å². The summed E-state index contributed by atoms with van der Waals surface area (Å²) in [5, 5.41) is 6.34. The molecule has 0 bridgehead atoms. The lowest BCUT2D eigenvalue weighted by molar-refractivity contribution is 0.0677. The number of nitrogen functional groups attached to an aromatic ring is 1. The summed E-state index contributed by atoms with van der Waals surface area (Å²) in [5.41, 5.74) is 5.45. The van der Waals surface area contributed by atoms with Crippen molar-refractivity contribution in [2.24, 2.45) is 5.92 Å². The minimum atomic E-state index is -0.0476. The van der Waals surface area contributed by atoms with Gasteiger partial charge in [-0.05, 0) is 31.6 Å². The fourth-order valence-corrected chi connectivity index (χ4v) is 3.38. The number of H-pyrrole nitrogens is 1. The van der Waals surface area contributed by atoms with Crippen LogP contribution in [0, 0.1) is 5.92 Å². The molecule has 3 N–H and O–H groups in total. The summed E-state index contributed by atoms with van der Waals surface area (Å²) in [7, 11) is 0. The minimum Gasteiger partial charge on any atom is -0.366 e. The third-order valence-corrected chi connectivity index (χ3v) is 4.21. The molecule has 0 aromatic carbocycles. The van der Waals surface area contributed by atoms with Gasteiger partial charge in [0, 0.05) is 12.6 Å². The molecule has 1 aliphatic carbocycles. The van der Waals surface area contributed by atoms with E-state index in [0.717, 1.165) is 19.4 Å². The summed E-state index contributed by atoms with van der Waals surface area (Å²) < 4.78 is 0. The number of nitrogens with one attached hydrogen (secondary N) is 1. The Kier molecular flexibility index (Phi) is 2.93. The van der Waals surface area contributed by atoms with E-state index in [1.165, 1.54) is 25.7 Å². The number of carbonyl (C=O) groups is 1. The Labute approximate surface area is 106 Å². The Bertz CT molecular complexity index is 437. The number of rotatable bonds is 2. The molecule has 1 aromatic rings. The Morgan fingerprint density at radius 1 is 1.28 bits per heavy atom. The van der Waals surface area contributed by atoms with Gasteiger partial charge in [0.15, 0.2) is 0 Å². The molecule has 6 heteroatoms. The van der Waals surface area contributed by atoms with E-state index in [9.17, 15) is 4.79 Å². The second kappa shape index (κ2) is 4.59. The van der Waals surface area contributed by atoms with E-state index < -0.39 is 0 Å². The maximum Gasteiger partial charge on any atom is 0.291 e. The van der Waals surface area contributed by atoms with Gasteiger partial charge in [-0.1, -0.05) is 12.8 Å². The number of aromatic amines is 1. The van der Waals surface area contributed by atoms with Gasteiger partial charge in [-0.2, -0.15) is 4.98 Å². The van der Waals surface area contributed by atoms with Crippen molar-refractivity contribution < 1.29 is 4.79 Å². The van der Waals surface area contributed by atoms with Gasteiger partial charge in [-0.25, -0.2) is 0 Å². The van der Waals surface area contributed by atoms with Crippen molar-refractivity contribution in [3.8, 4) is 0 Å². The summed E-state index contributed by atoms with van der Waals surface area (Å²) in [6.45, 7) is 0.834. The number of nitrogens with zero attached hydrogens (tertiary/aromatic N) is 3. The zero-order valence-corrected chi connectivity index (χ0v) is 10.4. The lowest BCUT2D eigenvalue weighted by Crippen LogP contribution is -2.39. The van der Waals surface area contributed by atoms with Crippen LogP contribution in [0.2, 0.25) is 0 Å². The average molecular weight is 249 g/mol. The lowest BCUT2D eigenvalue weighted by atomic mass is 9.96. The topological polar surface area (TPSA) is 87.9 Å². The van der Waals surface area contributed by atoms with E-state index in [1.807, 2.05) is 4.90 Å². The molecule has 0 radical (unpaired) electrons. The summed E-state index contributed by atoms with van der Waals surface area (Å²) in [4.78, 5) is 18.3. The first-order chi connectivity index (χ1) is 8.75. The Balaban J connectivity index is 1.75. The molecule has 6 nitrogen and oxygen atoms in total. The molecule has 98 valence electrons. The summed E-state index contributed by atoms with van der Waals surface area (Å²) in [5.74, 6) is 1.04. The Morgan fingerprint density at radius 2 is 2.06 bits per heavy atom. The fraction of sp³-hybridized carbons (Fsp3) is 0.750. The Hall–Kier alpha value is -1.59. The number of anilines is 1. The normalized spacial score (nSPS) is 24.9. The summed E-state index contributed by atoms with van der Waals surface area (Å²) in [6, 6.07) is 0.395. The van der Waals surface area contributed by atoms with E-state index in [4.69, 9.17) is 5.73 Å². The van der Waals surface area contributed by atoms with Crippen molar-refractivity contribution in [3.05, 3.63) is 5.82 Å². The number of likely N-dealkylation sites (tertiary alicyclic amines) is 1. The average Bonchev–Trinajstić information content (AvgIpc) is 3.08.